The first-order valence-electron chi connectivity index (χ1n) is 6.49. The van der Waals surface area contributed by atoms with E-state index in [-0.39, 0.29) is 25.2 Å². The van der Waals surface area contributed by atoms with Crippen LogP contribution in [0.25, 0.3) is 0 Å². The van der Waals surface area contributed by atoms with Crippen molar-refractivity contribution in [3.8, 4) is 5.75 Å². The van der Waals surface area contributed by atoms with Crippen LogP contribution in [0.15, 0.2) is 18.2 Å². The van der Waals surface area contributed by atoms with Gasteiger partial charge >= 0.3 is 0 Å². The van der Waals surface area contributed by atoms with E-state index in [0.717, 1.165) is 5.56 Å². The molecule has 0 bridgehead atoms. The van der Waals surface area contributed by atoms with Gasteiger partial charge in [-0.25, -0.2) is 0 Å². The highest BCUT2D eigenvalue weighted by molar-refractivity contribution is 6.30. The first kappa shape index (κ1) is 15.1. The van der Waals surface area contributed by atoms with Crippen LogP contribution in [0, 0.1) is 6.92 Å². The number of rotatable bonds is 4. The fourth-order valence-electron chi connectivity index (χ4n) is 2.13. The highest BCUT2D eigenvalue weighted by Crippen LogP contribution is 2.21. The van der Waals surface area contributed by atoms with Gasteiger partial charge in [-0.2, -0.15) is 0 Å². The molecule has 0 radical (unpaired) electrons. The van der Waals surface area contributed by atoms with E-state index in [0.29, 0.717) is 30.5 Å². The highest BCUT2D eigenvalue weighted by Gasteiger charge is 2.26. The van der Waals surface area contributed by atoms with Crippen LogP contribution in [0.2, 0.25) is 5.02 Å². The van der Waals surface area contributed by atoms with Gasteiger partial charge in [0.15, 0.2) is 6.61 Å². The second-order valence-corrected chi connectivity index (χ2v) is 5.13. The van der Waals surface area contributed by atoms with Crippen molar-refractivity contribution < 1.29 is 19.4 Å². The number of aliphatic hydroxyl groups is 1. The fourth-order valence-corrected chi connectivity index (χ4v) is 2.36. The van der Waals surface area contributed by atoms with E-state index >= 15 is 0 Å². The SMILES string of the molecule is Cc1cc(Cl)ccc1OCC(=O)N1CCOCC1CO. The van der Waals surface area contributed by atoms with Crippen molar-refractivity contribution in [3.63, 3.8) is 0 Å². The average Bonchev–Trinajstić information content (AvgIpc) is 2.46. The molecule has 5 nitrogen and oxygen atoms in total. The third kappa shape index (κ3) is 3.62. The number of aliphatic hydroxyl groups excluding tert-OH is 1. The summed E-state index contributed by atoms with van der Waals surface area (Å²) in [5.74, 6) is 0.484. The maximum absolute atomic E-state index is 12.1. The normalized spacial score (nSPS) is 18.9. The third-order valence-corrected chi connectivity index (χ3v) is 3.48. The lowest BCUT2D eigenvalue weighted by Gasteiger charge is -2.34. The number of nitrogens with zero attached hydrogens (tertiary/aromatic N) is 1. The maximum Gasteiger partial charge on any atom is 0.260 e. The van der Waals surface area contributed by atoms with Gasteiger partial charge in [0.25, 0.3) is 5.91 Å². The Balaban J connectivity index is 1.94. The summed E-state index contributed by atoms with van der Waals surface area (Å²) in [6.07, 6.45) is 0. The molecule has 1 aromatic rings. The Kier molecular flexibility index (Phi) is 5.23. The van der Waals surface area contributed by atoms with Crippen LogP contribution in [-0.2, 0) is 9.53 Å². The zero-order chi connectivity index (χ0) is 14.5. The molecule has 1 unspecified atom stereocenters. The maximum atomic E-state index is 12.1. The second kappa shape index (κ2) is 6.92. The van der Waals surface area contributed by atoms with Crippen LogP contribution in [0.5, 0.6) is 5.75 Å². The summed E-state index contributed by atoms with van der Waals surface area (Å²) in [7, 11) is 0. The van der Waals surface area contributed by atoms with Crippen molar-refractivity contribution in [2.45, 2.75) is 13.0 Å². The van der Waals surface area contributed by atoms with Gasteiger partial charge < -0.3 is 19.5 Å². The van der Waals surface area contributed by atoms with Crippen molar-refractivity contribution >= 4 is 17.5 Å². The molecule has 0 aliphatic carbocycles. The Bertz CT molecular complexity index is 480. The monoisotopic (exact) mass is 299 g/mol. The lowest BCUT2D eigenvalue weighted by Crippen LogP contribution is -2.51. The number of carbonyl (C=O) groups excluding carboxylic acids is 1. The minimum atomic E-state index is -0.286. The third-order valence-electron chi connectivity index (χ3n) is 3.25. The fraction of sp³-hybridized carbons (Fsp3) is 0.500. The van der Waals surface area contributed by atoms with Crippen molar-refractivity contribution in [2.75, 3.05) is 33.0 Å². The van der Waals surface area contributed by atoms with Crippen LogP contribution in [0.1, 0.15) is 5.56 Å². The summed E-state index contributed by atoms with van der Waals surface area (Å²) in [4.78, 5) is 13.7. The van der Waals surface area contributed by atoms with E-state index in [1.165, 1.54) is 0 Å². The largest absolute Gasteiger partial charge is 0.483 e. The first-order chi connectivity index (χ1) is 9.61. The average molecular weight is 300 g/mol. The van der Waals surface area contributed by atoms with Crippen LogP contribution in [0.4, 0.5) is 0 Å². The molecule has 2 rings (SSSR count). The van der Waals surface area contributed by atoms with Gasteiger partial charge in [-0.15, -0.1) is 0 Å². The Morgan fingerprint density at radius 1 is 1.60 bits per heavy atom. The lowest BCUT2D eigenvalue weighted by molar-refractivity contribution is -0.143. The predicted octanol–water partition coefficient (Wildman–Crippen LogP) is 1.25. The van der Waals surface area contributed by atoms with E-state index in [2.05, 4.69) is 0 Å². The minimum absolute atomic E-state index is 0.0566. The zero-order valence-corrected chi connectivity index (χ0v) is 12.1. The van der Waals surface area contributed by atoms with Crippen LogP contribution in [-0.4, -0.2) is 54.9 Å². The molecule has 1 amide bonds. The number of hydrogen-bond donors (Lipinski definition) is 1. The molecule has 1 heterocycles. The Morgan fingerprint density at radius 3 is 3.10 bits per heavy atom. The van der Waals surface area contributed by atoms with Gasteiger partial charge in [0.05, 0.1) is 25.9 Å². The Labute approximate surface area is 123 Å². The molecule has 0 saturated carbocycles. The standard InChI is InChI=1S/C14H18ClNO4/c1-10-6-11(15)2-3-13(10)20-9-14(18)16-4-5-19-8-12(16)7-17/h2-3,6,12,17H,4-5,7-9H2,1H3. The van der Waals surface area contributed by atoms with Gasteiger partial charge in [-0.3, -0.25) is 4.79 Å². The van der Waals surface area contributed by atoms with E-state index in [1.807, 2.05) is 6.92 Å². The summed E-state index contributed by atoms with van der Waals surface area (Å²) in [5, 5.41) is 9.87. The van der Waals surface area contributed by atoms with E-state index in [4.69, 9.17) is 21.1 Å². The molecule has 1 saturated heterocycles. The molecule has 1 fully saturated rings. The number of aryl methyl sites for hydroxylation is 1. The van der Waals surface area contributed by atoms with Crippen molar-refractivity contribution in [1.29, 1.82) is 0 Å². The molecule has 0 aromatic heterocycles. The summed E-state index contributed by atoms with van der Waals surface area (Å²) in [6, 6.07) is 4.96. The smallest absolute Gasteiger partial charge is 0.260 e. The van der Waals surface area contributed by atoms with Crippen LogP contribution in [0.3, 0.4) is 0 Å². The topological polar surface area (TPSA) is 59.0 Å². The molecule has 20 heavy (non-hydrogen) atoms. The Morgan fingerprint density at radius 2 is 2.40 bits per heavy atom. The molecule has 1 aliphatic heterocycles. The molecule has 110 valence electrons. The molecule has 1 aliphatic rings. The molecule has 1 aromatic carbocycles. The number of amides is 1. The summed E-state index contributed by atoms with van der Waals surface area (Å²) in [6.45, 7) is 3.04. The number of carbonyl (C=O) groups is 1. The van der Waals surface area contributed by atoms with Gasteiger partial charge in [-0.05, 0) is 30.7 Å². The van der Waals surface area contributed by atoms with Gasteiger partial charge in [0, 0.05) is 11.6 Å². The highest BCUT2D eigenvalue weighted by atomic mass is 35.5. The predicted molar refractivity (Wildman–Crippen MR) is 75.1 cm³/mol. The van der Waals surface area contributed by atoms with Gasteiger partial charge in [0.2, 0.25) is 0 Å². The second-order valence-electron chi connectivity index (χ2n) is 4.70. The number of halogens is 1. The van der Waals surface area contributed by atoms with Crippen LogP contribution < -0.4 is 4.74 Å². The molecular formula is C14H18ClNO4. The van der Waals surface area contributed by atoms with E-state index < -0.39 is 0 Å². The lowest BCUT2D eigenvalue weighted by atomic mass is 10.2. The zero-order valence-electron chi connectivity index (χ0n) is 11.3. The molecule has 0 spiro atoms. The number of ether oxygens (including phenoxy) is 2. The number of morpholine rings is 1. The van der Waals surface area contributed by atoms with Crippen molar-refractivity contribution in [1.82, 2.24) is 4.90 Å². The molecule has 1 N–H and O–H groups in total. The number of hydrogen-bond acceptors (Lipinski definition) is 4. The summed E-state index contributed by atoms with van der Waals surface area (Å²) >= 11 is 5.87. The number of benzene rings is 1. The molecular weight excluding hydrogens is 282 g/mol. The first-order valence-corrected chi connectivity index (χ1v) is 6.86. The quantitative estimate of drug-likeness (QED) is 0.909. The van der Waals surface area contributed by atoms with Crippen LogP contribution >= 0.6 is 11.6 Å². The van der Waals surface area contributed by atoms with Gasteiger partial charge in [-0.1, -0.05) is 11.6 Å². The molecule has 1 atom stereocenters. The van der Waals surface area contributed by atoms with E-state index in [9.17, 15) is 9.90 Å². The summed E-state index contributed by atoms with van der Waals surface area (Å²) < 4.78 is 10.8. The minimum Gasteiger partial charge on any atom is -0.483 e. The van der Waals surface area contributed by atoms with Crippen molar-refractivity contribution in [2.24, 2.45) is 0 Å². The Hall–Kier alpha value is -1.30. The van der Waals surface area contributed by atoms with E-state index in [1.54, 1.807) is 23.1 Å². The summed E-state index contributed by atoms with van der Waals surface area (Å²) in [5.41, 5.74) is 0.881. The van der Waals surface area contributed by atoms with Gasteiger partial charge in [0.1, 0.15) is 5.75 Å². The molecule has 6 heteroatoms. The van der Waals surface area contributed by atoms with Crippen molar-refractivity contribution in [3.05, 3.63) is 28.8 Å².